The molecular weight excluding hydrogens is 442 g/mol. The zero-order chi connectivity index (χ0) is 24.0. The van der Waals surface area contributed by atoms with E-state index in [9.17, 15) is 9.59 Å². The van der Waals surface area contributed by atoms with Gasteiger partial charge in [-0.3, -0.25) is 9.59 Å². The molecule has 0 fully saturated rings. The molecule has 2 aromatic carbocycles. The maximum absolute atomic E-state index is 13.4. The minimum atomic E-state index is -0.284. The Morgan fingerprint density at radius 2 is 1.82 bits per heavy atom. The molecule has 0 aromatic heterocycles. The molecule has 7 nitrogen and oxygen atoms in total. The number of benzene rings is 2. The third kappa shape index (κ3) is 6.19. The summed E-state index contributed by atoms with van der Waals surface area (Å²) in [7, 11) is 3.00. The topological polar surface area (TPSA) is 71.4 Å². The molecule has 0 radical (unpaired) electrons. The van der Waals surface area contributed by atoms with Crippen LogP contribution in [0.2, 0.25) is 5.02 Å². The van der Waals surface area contributed by atoms with E-state index in [1.165, 1.54) is 28.1 Å². The molecule has 2 aromatic rings. The minimum absolute atomic E-state index is 0.102. The number of aryl methyl sites for hydroxylation is 2. The van der Waals surface area contributed by atoms with Gasteiger partial charge in [0.1, 0.15) is 13.2 Å². The second-order valence-corrected chi connectivity index (χ2v) is 8.53. The fraction of sp³-hybridized carbons (Fsp3) is 0.400. The van der Waals surface area contributed by atoms with E-state index >= 15 is 0 Å². The van der Waals surface area contributed by atoms with Crippen molar-refractivity contribution in [2.24, 2.45) is 5.10 Å². The van der Waals surface area contributed by atoms with Crippen molar-refractivity contribution in [3.63, 3.8) is 0 Å². The molecule has 3 rings (SSSR count). The van der Waals surface area contributed by atoms with Gasteiger partial charge < -0.3 is 14.4 Å². The molecular formula is C25H30ClN3O4. The monoisotopic (exact) mass is 471 g/mol. The van der Waals surface area contributed by atoms with E-state index in [1.54, 1.807) is 19.2 Å². The van der Waals surface area contributed by atoms with E-state index in [0.29, 0.717) is 18.1 Å². The number of nitrogens with zero attached hydrogens (tertiary/aromatic N) is 3. The summed E-state index contributed by atoms with van der Waals surface area (Å²) in [5.74, 6) is -0.544. The smallest absolute Gasteiger partial charge is 0.262 e. The van der Waals surface area contributed by atoms with Gasteiger partial charge in [-0.1, -0.05) is 35.9 Å². The number of carbonyl (C=O) groups excluding carboxylic acids is 2. The summed E-state index contributed by atoms with van der Waals surface area (Å²) in [6.45, 7) is 4.52. The first-order valence-corrected chi connectivity index (χ1v) is 11.2. The summed E-state index contributed by atoms with van der Waals surface area (Å²) < 4.78 is 10.1. The number of hydrazone groups is 1. The largest absolute Gasteiger partial charge is 0.383 e. The fourth-order valence-electron chi connectivity index (χ4n) is 3.72. The molecule has 2 amide bonds. The van der Waals surface area contributed by atoms with Gasteiger partial charge >= 0.3 is 0 Å². The van der Waals surface area contributed by atoms with E-state index in [1.807, 2.05) is 18.2 Å². The third-order valence-electron chi connectivity index (χ3n) is 5.77. The van der Waals surface area contributed by atoms with Crippen LogP contribution in [0.5, 0.6) is 0 Å². The molecule has 1 aliphatic heterocycles. The maximum atomic E-state index is 13.4. The van der Waals surface area contributed by atoms with Crippen molar-refractivity contribution in [2.75, 3.05) is 40.5 Å². The Bertz CT molecular complexity index is 1020. The van der Waals surface area contributed by atoms with Crippen LogP contribution in [0, 0.1) is 13.8 Å². The quantitative estimate of drug-likeness (QED) is 0.558. The number of halogens is 1. The molecule has 0 bridgehead atoms. The Kier molecular flexibility index (Phi) is 8.61. The average Bonchev–Trinajstić information content (AvgIpc) is 3.24. The molecule has 1 atom stereocenters. The molecule has 176 valence electrons. The lowest BCUT2D eigenvalue weighted by atomic mass is 9.96. The van der Waals surface area contributed by atoms with Crippen molar-refractivity contribution in [3.05, 3.63) is 69.7 Å². The van der Waals surface area contributed by atoms with Crippen molar-refractivity contribution in [1.29, 1.82) is 0 Å². The summed E-state index contributed by atoms with van der Waals surface area (Å²) in [6, 6.07) is 13.3. The highest BCUT2D eigenvalue weighted by molar-refractivity contribution is 6.30. The molecule has 8 heteroatoms. The van der Waals surface area contributed by atoms with Gasteiger partial charge in [0, 0.05) is 32.2 Å². The lowest BCUT2D eigenvalue weighted by Crippen LogP contribution is -2.44. The molecule has 33 heavy (non-hydrogen) atoms. The number of carbonyl (C=O) groups is 2. The Labute approximate surface area is 199 Å². The van der Waals surface area contributed by atoms with Gasteiger partial charge in [0.15, 0.2) is 0 Å². The van der Waals surface area contributed by atoms with Gasteiger partial charge in [-0.25, -0.2) is 5.01 Å². The van der Waals surface area contributed by atoms with Crippen LogP contribution < -0.4 is 0 Å². The zero-order valence-electron chi connectivity index (χ0n) is 19.5. The fourth-order valence-corrected chi connectivity index (χ4v) is 3.85. The van der Waals surface area contributed by atoms with Gasteiger partial charge in [-0.05, 0) is 54.3 Å². The predicted octanol–water partition coefficient (Wildman–Crippen LogP) is 3.76. The van der Waals surface area contributed by atoms with Crippen molar-refractivity contribution in [2.45, 2.75) is 26.3 Å². The molecule has 1 heterocycles. The molecule has 0 saturated carbocycles. The molecule has 1 aliphatic rings. The lowest BCUT2D eigenvalue weighted by molar-refractivity contribution is -0.144. The van der Waals surface area contributed by atoms with Gasteiger partial charge in [-0.2, -0.15) is 5.10 Å². The Hall–Kier alpha value is -2.74. The highest BCUT2D eigenvalue weighted by Crippen LogP contribution is 2.33. The van der Waals surface area contributed by atoms with E-state index in [0.717, 1.165) is 16.8 Å². The second kappa shape index (κ2) is 11.4. The number of ether oxygens (including phenoxy) is 2. The molecule has 0 spiro atoms. The summed E-state index contributed by atoms with van der Waals surface area (Å²) in [6.07, 6.45) is 0.569. The Balaban J connectivity index is 1.90. The Morgan fingerprint density at radius 3 is 2.45 bits per heavy atom. The highest BCUT2D eigenvalue weighted by Gasteiger charge is 2.34. The maximum Gasteiger partial charge on any atom is 0.262 e. The van der Waals surface area contributed by atoms with Crippen LogP contribution in [-0.2, 0) is 19.1 Å². The van der Waals surface area contributed by atoms with Crippen molar-refractivity contribution >= 4 is 29.1 Å². The summed E-state index contributed by atoms with van der Waals surface area (Å²) in [4.78, 5) is 27.3. The van der Waals surface area contributed by atoms with E-state index in [2.05, 4.69) is 26.0 Å². The first-order valence-electron chi connectivity index (χ1n) is 10.8. The van der Waals surface area contributed by atoms with Gasteiger partial charge in [0.05, 0.1) is 18.4 Å². The van der Waals surface area contributed by atoms with Crippen LogP contribution in [-0.4, -0.2) is 68.0 Å². The van der Waals surface area contributed by atoms with Crippen LogP contribution in [0.4, 0.5) is 0 Å². The Morgan fingerprint density at radius 1 is 1.09 bits per heavy atom. The normalized spacial score (nSPS) is 15.5. The average molecular weight is 472 g/mol. The predicted molar refractivity (Wildman–Crippen MR) is 128 cm³/mol. The first kappa shape index (κ1) is 24.9. The number of hydrogen-bond acceptors (Lipinski definition) is 5. The highest BCUT2D eigenvalue weighted by atomic mass is 35.5. The van der Waals surface area contributed by atoms with Gasteiger partial charge in [0.2, 0.25) is 5.91 Å². The molecule has 1 unspecified atom stereocenters. The first-order chi connectivity index (χ1) is 15.8. The third-order valence-corrected chi connectivity index (χ3v) is 6.02. The van der Waals surface area contributed by atoms with Crippen LogP contribution in [0.25, 0.3) is 0 Å². The SMILES string of the molecule is COCCN(CC(=O)N1N=C(c2ccc(C)c(C)c2)CC1c1ccc(Cl)cc1)C(=O)COC. The number of amides is 2. The van der Waals surface area contributed by atoms with E-state index in [4.69, 9.17) is 26.2 Å². The molecule has 0 N–H and O–H groups in total. The van der Waals surface area contributed by atoms with Crippen molar-refractivity contribution in [3.8, 4) is 0 Å². The van der Waals surface area contributed by atoms with Crippen LogP contribution >= 0.6 is 11.6 Å². The number of hydrogen-bond donors (Lipinski definition) is 0. The van der Waals surface area contributed by atoms with E-state index < -0.39 is 0 Å². The molecule has 0 aliphatic carbocycles. The molecule has 0 saturated heterocycles. The van der Waals surface area contributed by atoms with Crippen LogP contribution in [0.1, 0.15) is 34.7 Å². The summed E-state index contributed by atoms with van der Waals surface area (Å²) in [5.41, 5.74) is 5.11. The van der Waals surface area contributed by atoms with Crippen LogP contribution in [0.3, 0.4) is 0 Å². The minimum Gasteiger partial charge on any atom is -0.383 e. The lowest BCUT2D eigenvalue weighted by Gasteiger charge is -2.26. The van der Waals surface area contributed by atoms with Gasteiger partial charge in [-0.15, -0.1) is 0 Å². The second-order valence-electron chi connectivity index (χ2n) is 8.10. The van der Waals surface area contributed by atoms with E-state index in [-0.39, 0.29) is 37.6 Å². The summed E-state index contributed by atoms with van der Waals surface area (Å²) >= 11 is 6.08. The van der Waals surface area contributed by atoms with Gasteiger partial charge in [0.25, 0.3) is 5.91 Å². The number of methoxy groups -OCH3 is 2. The standard InChI is InChI=1S/C25H30ClN3O4/c1-17-5-6-20(13-18(17)2)22-14-23(19-7-9-21(26)10-8-19)29(27-22)24(30)15-28(11-12-32-3)25(31)16-33-4/h5-10,13,23H,11-12,14-16H2,1-4H3. The van der Waals surface area contributed by atoms with Crippen LogP contribution in [0.15, 0.2) is 47.6 Å². The van der Waals surface area contributed by atoms with Crippen molar-refractivity contribution in [1.82, 2.24) is 9.91 Å². The zero-order valence-corrected chi connectivity index (χ0v) is 20.3. The summed E-state index contributed by atoms with van der Waals surface area (Å²) in [5, 5.41) is 6.83. The van der Waals surface area contributed by atoms with Crippen molar-refractivity contribution < 1.29 is 19.1 Å². The number of rotatable bonds is 9.